The summed E-state index contributed by atoms with van der Waals surface area (Å²) < 4.78 is 4.94. The van der Waals surface area contributed by atoms with Crippen molar-refractivity contribution in [3.8, 4) is 5.75 Å². The van der Waals surface area contributed by atoms with Crippen molar-refractivity contribution in [2.75, 3.05) is 5.32 Å². The van der Waals surface area contributed by atoms with Crippen LogP contribution in [0.3, 0.4) is 0 Å². The Bertz CT molecular complexity index is 1340. The van der Waals surface area contributed by atoms with Crippen LogP contribution in [0.15, 0.2) is 75.4 Å². The van der Waals surface area contributed by atoms with Gasteiger partial charge in [-0.3, -0.25) is 9.59 Å². The molecule has 0 saturated heterocycles. The molecule has 0 aliphatic rings. The molecule has 0 bridgehead atoms. The lowest BCUT2D eigenvalue weighted by Gasteiger charge is -2.13. The number of azo groups is 1. The fourth-order valence-electron chi connectivity index (χ4n) is 3.13. The number of para-hydroxylation sites is 1. The van der Waals surface area contributed by atoms with Gasteiger partial charge in [-0.1, -0.05) is 41.6 Å². The normalized spacial score (nSPS) is 11.1. The molecule has 9 nitrogen and oxygen atoms in total. The van der Waals surface area contributed by atoms with Crippen LogP contribution in [0.1, 0.15) is 26.5 Å². The number of hydrogen-bond acceptors (Lipinski definition) is 7. The van der Waals surface area contributed by atoms with E-state index in [9.17, 15) is 14.7 Å². The SMILES string of the molecule is Cc1cc(N=Nc2cc3ccccc3c(C(=O)Nc3ccccc3C(N)=O)c2O)no1. The van der Waals surface area contributed by atoms with Crippen LogP contribution < -0.4 is 11.1 Å². The van der Waals surface area contributed by atoms with Crippen LogP contribution in [-0.4, -0.2) is 22.1 Å². The maximum atomic E-state index is 13.1. The predicted octanol–water partition coefficient (Wildman–Crippen LogP) is 4.61. The van der Waals surface area contributed by atoms with E-state index in [0.29, 0.717) is 16.5 Å². The maximum Gasteiger partial charge on any atom is 0.260 e. The minimum absolute atomic E-state index is 0.0114. The highest BCUT2D eigenvalue weighted by Crippen LogP contribution is 2.38. The van der Waals surface area contributed by atoms with E-state index in [1.807, 2.05) is 0 Å². The van der Waals surface area contributed by atoms with E-state index >= 15 is 0 Å². The van der Waals surface area contributed by atoms with Gasteiger partial charge in [0.1, 0.15) is 11.4 Å². The molecule has 0 radical (unpaired) electrons. The molecule has 154 valence electrons. The highest BCUT2D eigenvalue weighted by atomic mass is 16.5. The average molecular weight is 415 g/mol. The van der Waals surface area contributed by atoms with Gasteiger partial charge in [0.05, 0.1) is 16.8 Å². The summed E-state index contributed by atoms with van der Waals surface area (Å²) in [5, 5.41) is 26.4. The molecule has 1 heterocycles. The van der Waals surface area contributed by atoms with E-state index in [-0.39, 0.29) is 34.1 Å². The van der Waals surface area contributed by atoms with E-state index in [1.165, 1.54) is 6.07 Å². The van der Waals surface area contributed by atoms with Crippen LogP contribution in [0, 0.1) is 6.92 Å². The average Bonchev–Trinajstić information content (AvgIpc) is 3.17. The molecule has 0 fully saturated rings. The number of aryl methyl sites for hydroxylation is 1. The number of anilines is 1. The summed E-state index contributed by atoms with van der Waals surface area (Å²) in [5.74, 6) is -0.889. The third-order valence-electron chi connectivity index (χ3n) is 4.55. The summed E-state index contributed by atoms with van der Waals surface area (Å²) >= 11 is 0. The molecule has 1 aromatic heterocycles. The highest BCUT2D eigenvalue weighted by Gasteiger charge is 2.21. The highest BCUT2D eigenvalue weighted by molar-refractivity contribution is 6.17. The van der Waals surface area contributed by atoms with E-state index in [0.717, 1.165) is 0 Å². The molecule has 0 unspecified atom stereocenters. The van der Waals surface area contributed by atoms with Crippen LogP contribution in [0.2, 0.25) is 0 Å². The first-order chi connectivity index (χ1) is 14.9. The van der Waals surface area contributed by atoms with Crippen LogP contribution in [0.4, 0.5) is 17.2 Å². The van der Waals surface area contributed by atoms with Gasteiger partial charge < -0.3 is 20.7 Å². The Morgan fingerprint density at radius 3 is 2.55 bits per heavy atom. The number of aromatic nitrogens is 1. The molecule has 4 rings (SSSR count). The van der Waals surface area contributed by atoms with Crippen molar-refractivity contribution in [2.24, 2.45) is 16.0 Å². The van der Waals surface area contributed by atoms with Gasteiger partial charge in [0.15, 0.2) is 5.75 Å². The summed E-state index contributed by atoms with van der Waals surface area (Å²) in [5.41, 5.74) is 5.83. The first kappa shape index (κ1) is 19.8. The number of hydrogen-bond donors (Lipinski definition) is 3. The molecule has 2 amide bonds. The molecular formula is C22H17N5O4. The summed E-state index contributed by atoms with van der Waals surface area (Å²) in [6, 6.07) is 16.5. The van der Waals surface area contributed by atoms with Crippen LogP contribution in [0.25, 0.3) is 10.8 Å². The summed E-state index contributed by atoms with van der Waals surface area (Å²) in [6.45, 7) is 1.71. The lowest BCUT2D eigenvalue weighted by molar-refractivity contribution is 0.100. The minimum Gasteiger partial charge on any atom is -0.505 e. The second-order valence-corrected chi connectivity index (χ2v) is 6.70. The Balaban J connectivity index is 1.79. The van der Waals surface area contributed by atoms with Gasteiger partial charge in [0, 0.05) is 6.07 Å². The van der Waals surface area contributed by atoms with Gasteiger partial charge in [0.2, 0.25) is 5.82 Å². The molecule has 0 aliphatic heterocycles. The Morgan fingerprint density at radius 2 is 1.81 bits per heavy atom. The van der Waals surface area contributed by atoms with Crippen molar-refractivity contribution < 1.29 is 19.2 Å². The largest absolute Gasteiger partial charge is 0.505 e. The lowest BCUT2D eigenvalue weighted by Crippen LogP contribution is -2.18. The first-order valence-electron chi connectivity index (χ1n) is 9.24. The fraction of sp³-hybridized carbons (Fsp3) is 0.0455. The van der Waals surface area contributed by atoms with Crippen molar-refractivity contribution in [1.82, 2.24) is 5.16 Å². The summed E-state index contributed by atoms with van der Waals surface area (Å²) in [7, 11) is 0. The maximum absolute atomic E-state index is 13.1. The Kier molecular flexibility index (Phi) is 5.15. The van der Waals surface area contributed by atoms with E-state index in [1.54, 1.807) is 61.5 Å². The minimum atomic E-state index is -0.685. The van der Waals surface area contributed by atoms with E-state index in [2.05, 4.69) is 20.7 Å². The zero-order valence-electron chi connectivity index (χ0n) is 16.4. The molecule has 4 aromatic rings. The molecule has 9 heteroatoms. The van der Waals surface area contributed by atoms with Gasteiger partial charge >= 0.3 is 0 Å². The van der Waals surface area contributed by atoms with Crippen molar-refractivity contribution in [3.05, 3.63) is 77.6 Å². The number of nitrogens with two attached hydrogens (primary N) is 1. The summed E-state index contributed by atoms with van der Waals surface area (Å²) in [6.07, 6.45) is 0. The Morgan fingerprint density at radius 1 is 1.06 bits per heavy atom. The molecule has 0 saturated carbocycles. The number of nitrogens with zero attached hydrogens (tertiary/aromatic N) is 3. The lowest BCUT2D eigenvalue weighted by atomic mass is 10.0. The standard InChI is InChI=1S/C22H17N5O4/c1-12-10-18(27-31-12)26-25-17-11-13-6-2-3-7-14(13)19(20(17)28)22(30)24-16-9-5-4-8-15(16)21(23)29/h2-11,28H,1H3,(H2,23,29)(H,24,30). The number of amides is 2. The predicted molar refractivity (Wildman–Crippen MR) is 114 cm³/mol. The zero-order valence-corrected chi connectivity index (χ0v) is 16.4. The smallest absolute Gasteiger partial charge is 0.260 e. The fourth-order valence-corrected chi connectivity index (χ4v) is 3.13. The third-order valence-corrected chi connectivity index (χ3v) is 4.55. The van der Waals surface area contributed by atoms with Crippen molar-refractivity contribution >= 4 is 39.8 Å². The number of fused-ring (bicyclic) bond motifs is 1. The van der Waals surface area contributed by atoms with E-state index in [4.69, 9.17) is 10.3 Å². The van der Waals surface area contributed by atoms with Gasteiger partial charge in [-0.15, -0.1) is 10.2 Å². The quantitative estimate of drug-likeness (QED) is 0.408. The zero-order chi connectivity index (χ0) is 22.0. The number of aromatic hydroxyl groups is 1. The number of primary amides is 1. The van der Waals surface area contributed by atoms with Crippen molar-refractivity contribution in [1.29, 1.82) is 0 Å². The van der Waals surface area contributed by atoms with Gasteiger partial charge in [-0.25, -0.2) is 0 Å². The second kappa shape index (κ2) is 8.07. The molecule has 0 aliphatic carbocycles. The molecule has 3 aromatic carbocycles. The number of carbonyl (C=O) groups excluding carboxylic acids is 2. The monoisotopic (exact) mass is 415 g/mol. The van der Waals surface area contributed by atoms with Gasteiger partial charge in [-0.05, 0) is 35.9 Å². The number of carbonyl (C=O) groups is 2. The topological polar surface area (TPSA) is 143 Å². The number of rotatable bonds is 5. The second-order valence-electron chi connectivity index (χ2n) is 6.70. The van der Waals surface area contributed by atoms with Crippen LogP contribution in [-0.2, 0) is 0 Å². The number of nitrogens with one attached hydrogen (secondary N) is 1. The molecular weight excluding hydrogens is 398 g/mol. The van der Waals surface area contributed by atoms with Crippen LogP contribution >= 0.6 is 0 Å². The Hall–Kier alpha value is -4.53. The first-order valence-corrected chi connectivity index (χ1v) is 9.24. The molecule has 4 N–H and O–H groups in total. The van der Waals surface area contributed by atoms with Crippen LogP contribution in [0.5, 0.6) is 5.75 Å². The van der Waals surface area contributed by atoms with Gasteiger partial charge in [-0.2, -0.15) is 0 Å². The summed E-state index contributed by atoms with van der Waals surface area (Å²) in [4.78, 5) is 24.8. The number of phenols is 1. The molecule has 0 spiro atoms. The molecule has 31 heavy (non-hydrogen) atoms. The molecule has 0 atom stereocenters. The van der Waals surface area contributed by atoms with Gasteiger partial charge in [0.25, 0.3) is 11.8 Å². The van der Waals surface area contributed by atoms with Crippen molar-refractivity contribution in [3.63, 3.8) is 0 Å². The van der Waals surface area contributed by atoms with E-state index < -0.39 is 11.8 Å². The number of phenolic OH excluding ortho intramolecular Hbond substituents is 1. The third kappa shape index (κ3) is 3.97. The number of benzene rings is 3. The Labute approximate surface area is 176 Å². The van der Waals surface area contributed by atoms with Crippen molar-refractivity contribution in [2.45, 2.75) is 6.92 Å².